The molecule has 0 spiro atoms. The highest BCUT2D eigenvalue weighted by Crippen LogP contribution is 2.25. The molecule has 0 bridgehead atoms. The number of nitrogens with zero attached hydrogens (tertiary/aromatic N) is 3. The maximum Gasteiger partial charge on any atom is 0.198 e. The lowest BCUT2D eigenvalue weighted by molar-refractivity contribution is 0.577. The first kappa shape index (κ1) is 10.9. The average Bonchev–Trinajstić information content (AvgIpc) is 3.10. The Kier molecular flexibility index (Phi) is 2.77. The molecular weight excluding hydrogens is 248 g/mol. The van der Waals surface area contributed by atoms with Gasteiger partial charge in [-0.1, -0.05) is 0 Å². The number of hydrogen-bond acceptors (Lipinski definition) is 6. The van der Waals surface area contributed by atoms with Gasteiger partial charge >= 0.3 is 0 Å². The van der Waals surface area contributed by atoms with Crippen molar-refractivity contribution >= 4 is 17.2 Å². The van der Waals surface area contributed by atoms with Crippen LogP contribution in [0.5, 0.6) is 0 Å². The molecule has 0 unspecified atom stereocenters. The second kappa shape index (κ2) is 4.58. The van der Waals surface area contributed by atoms with Crippen LogP contribution in [0, 0.1) is 0 Å². The summed E-state index contributed by atoms with van der Waals surface area (Å²) in [7, 11) is 1.82. The van der Waals surface area contributed by atoms with Gasteiger partial charge in [0.15, 0.2) is 11.6 Å². The van der Waals surface area contributed by atoms with E-state index >= 15 is 0 Å². The Morgan fingerprint density at radius 2 is 2.28 bits per heavy atom. The van der Waals surface area contributed by atoms with Crippen molar-refractivity contribution < 1.29 is 4.42 Å². The van der Waals surface area contributed by atoms with E-state index in [0.717, 1.165) is 16.5 Å². The summed E-state index contributed by atoms with van der Waals surface area (Å²) in [5.74, 6) is 1.93. The Labute approximate surface area is 108 Å². The van der Waals surface area contributed by atoms with Gasteiger partial charge in [0.2, 0.25) is 0 Å². The minimum Gasteiger partial charge on any atom is -0.461 e. The molecule has 0 aromatic carbocycles. The van der Waals surface area contributed by atoms with E-state index in [1.165, 1.54) is 0 Å². The fourth-order valence-electron chi connectivity index (χ4n) is 1.55. The van der Waals surface area contributed by atoms with E-state index in [-0.39, 0.29) is 0 Å². The maximum atomic E-state index is 5.32. The Hall–Kier alpha value is -2.21. The lowest BCUT2D eigenvalue weighted by Gasteiger charge is -2.04. The van der Waals surface area contributed by atoms with Gasteiger partial charge in [0.1, 0.15) is 16.5 Å². The van der Waals surface area contributed by atoms with Gasteiger partial charge in [-0.05, 0) is 12.1 Å². The van der Waals surface area contributed by atoms with Gasteiger partial charge in [-0.2, -0.15) is 0 Å². The molecule has 3 heterocycles. The minimum absolute atomic E-state index is 0.553. The summed E-state index contributed by atoms with van der Waals surface area (Å²) >= 11 is 1.54. The fraction of sp³-hybridized carbons (Fsp3) is 0.0833. The smallest absolute Gasteiger partial charge is 0.198 e. The predicted octanol–water partition coefficient (Wildman–Crippen LogP) is 2.90. The quantitative estimate of drug-likeness (QED) is 0.782. The van der Waals surface area contributed by atoms with Crippen LogP contribution in [0.4, 0.5) is 5.82 Å². The second-order valence-electron chi connectivity index (χ2n) is 3.53. The van der Waals surface area contributed by atoms with E-state index < -0.39 is 0 Å². The molecule has 3 rings (SSSR count). The summed E-state index contributed by atoms with van der Waals surface area (Å²) in [5, 5.41) is 5.80. The van der Waals surface area contributed by atoms with Gasteiger partial charge in [0.05, 0.1) is 6.26 Å². The van der Waals surface area contributed by atoms with Crippen LogP contribution >= 0.6 is 11.3 Å². The first-order valence-corrected chi connectivity index (χ1v) is 6.25. The van der Waals surface area contributed by atoms with E-state index in [9.17, 15) is 0 Å². The third-order valence-corrected chi connectivity index (χ3v) is 3.17. The summed E-state index contributed by atoms with van der Waals surface area (Å²) < 4.78 is 5.32. The van der Waals surface area contributed by atoms with Crippen molar-refractivity contribution in [2.75, 3.05) is 12.4 Å². The molecule has 0 aliphatic rings. The summed E-state index contributed by atoms with van der Waals surface area (Å²) in [4.78, 5) is 13.1. The number of thiazole rings is 1. The van der Waals surface area contributed by atoms with Gasteiger partial charge in [0.25, 0.3) is 0 Å². The molecule has 18 heavy (non-hydrogen) atoms. The molecule has 0 radical (unpaired) electrons. The molecule has 0 fully saturated rings. The zero-order valence-electron chi connectivity index (χ0n) is 9.62. The molecule has 6 heteroatoms. The first-order chi connectivity index (χ1) is 8.86. The predicted molar refractivity (Wildman–Crippen MR) is 70.4 cm³/mol. The van der Waals surface area contributed by atoms with Crippen molar-refractivity contribution in [3.63, 3.8) is 0 Å². The van der Waals surface area contributed by atoms with Crippen molar-refractivity contribution in [2.45, 2.75) is 0 Å². The highest BCUT2D eigenvalue weighted by atomic mass is 32.1. The van der Waals surface area contributed by atoms with Crippen molar-refractivity contribution in [3.05, 3.63) is 36.0 Å². The standard InChI is InChI=1S/C12H10N4OS/c1-13-10-7-8(12-14-4-6-18-12)15-11(16-10)9-3-2-5-17-9/h2-7H,1H3,(H,13,15,16). The van der Waals surface area contributed by atoms with Gasteiger partial charge in [-0.15, -0.1) is 11.3 Å². The van der Waals surface area contributed by atoms with E-state index in [0.29, 0.717) is 11.6 Å². The largest absolute Gasteiger partial charge is 0.461 e. The molecule has 0 amide bonds. The number of aromatic nitrogens is 3. The van der Waals surface area contributed by atoms with Crippen molar-refractivity contribution in [2.24, 2.45) is 0 Å². The summed E-state index contributed by atoms with van der Waals surface area (Å²) in [5.41, 5.74) is 0.788. The van der Waals surface area contributed by atoms with Crippen LogP contribution in [0.15, 0.2) is 40.5 Å². The van der Waals surface area contributed by atoms with Crippen LogP contribution in [-0.4, -0.2) is 22.0 Å². The third-order valence-electron chi connectivity index (χ3n) is 2.38. The molecule has 0 saturated heterocycles. The Bertz CT molecular complexity index is 582. The average molecular weight is 258 g/mol. The monoisotopic (exact) mass is 258 g/mol. The maximum absolute atomic E-state index is 5.32. The molecule has 0 aliphatic heterocycles. The number of anilines is 1. The SMILES string of the molecule is CNc1cc(-c2nccs2)nc(-c2ccco2)n1. The van der Waals surface area contributed by atoms with Crippen molar-refractivity contribution in [1.29, 1.82) is 0 Å². The van der Waals surface area contributed by atoms with Crippen LogP contribution in [0.1, 0.15) is 0 Å². The van der Waals surface area contributed by atoms with Crippen LogP contribution in [-0.2, 0) is 0 Å². The molecule has 5 nitrogen and oxygen atoms in total. The zero-order chi connectivity index (χ0) is 12.4. The lowest BCUT2D eigenvalue weighted by Crippen LogP contribution is -1.98. The van der Waals surface area contributed by atoms with E-state index in [2.05, 4.69) is 20.3 Å². The highest BCUT2D eigenvalue weighted by Gasteiger charge is 2.11. The van der Waals surface area contributed by atoms with E-state index in [1.807, 2.05) is 30.6 Å². The van der Waals surface area contributed by atoms with Crippen molar-refractivity contribution in [3.8, 4) is 22.3 Å². The van der Waals surface area contributed by atoms with Crippen LogP contribution in [0.3, 0.4) is 0 Å². The molecule has 0 atom stereocenters. The molecule has 3 aromatic heterocycles. The second-order valence-corrected chi connectivity index (χ2v) is 4.42. The first-order valence-electron chi connectivity index (χ1n) is 5.37. The van der Waals surface area contributed by atoms with Crippen LogP contribution < -0.4 is 5.32 Å². The van der Waals surface area contributed by atoms with E-state index in [1.54, 1.807) is 23.8 Å². The Morgan fingerprint density at radius 3 is 2.94 bits per heavy atom. The van der Waals surface area contributed by atoms with Crippen molar-refractivity contribution in [1.82, 2.24) is 15.0 Å². The highest BCUT2D eigenvalue weighted by molar-refractivity contribution is 7.13. The zero-order valence-corrected chi connectivity index (χ0v) is 10.4. The molecular formula is C12H10N4OS. The van der Waals surface area contributed by atoms with E-state index in [4.69, 9.17) is 4.42 Å². The van der Waals surface area contributed by atoms with Gasteiger partial charge < -0.3 is 9.73 Å². The van der Waals surface area contributed by atoms with Gasteiger partial charge in [-0.3, -0.25) is 0 Å². The molecule has 3 aromatic rings. The normalized spacial score (nSPS) is 10.5. The number of hydrogen-bond donors (Lipinski definition) is 1. The fourth-order valence-corrected chi connectivity index (χ4v) is 2.15. The molecule has 0 saturated carbocycles. The number of nitrogens with one attached hydrogen (secondary N) is 1. The minimum atomic E-state index is 0.553. The molecule has 90 valence electrons. The summed E-state index contributed by atoms with van der Waals surface area (Å²) in [6.07, 6.45) is 3.36. The van der Waals surface area contributed by atoms with Crippen LogP contribution in [0.2, 0.25) is 0 Å². The summed E-state index contributed by atoms with van der Waals surface area (Å²) in [6, 6.07) is 5.51. The lowest BCUT2D eigenvalue weighted by atomic mass is 10.3. The Balaban J connectivity index is 2.13. The Morgan fingerprint density at radius 1 is 1.33 bits per heavy atom. The van der Waals surface area contributed by atoms with Gasteiger partial charge in [0, 0.05) is 24.7 Å². The van der Waals surface area contributed by atoms with Crippen LogP contribution in [0.25, 0.3) is 22.3 Å². The molecule has 1 N–H and O–H groups in total. The number of furan rings is 1. The topological polar surface area (TPSA) is 63.8 Å². The summed E-state index contributed by atoms with van der Waals surface area (Å²) in [6.45, 7) is 0. The molecule has 0 aliphatic carbocycles. The van der Waals surface area contributed by atoms with Gasteiger partial charge in [-0.25, -0.2) is 15.0 Å². The number of rotatable bonds is 3. The third kappa shape index (κ3) is 1.98.